The van der Waals surface area contributed by atoms with Crippen molar-refractivity contribution in [2.24, 2.45) is 5.41 Å². The molecule has 0 spiro atoms. The topological polar surface area (TPSA) is 62.1 Å². The highest BCUT2D eigenvalue weighted by molar-refractivity contribution is 5.76. The van der Waals surface area contributed by atoms with Gasteiger partial charge in [-0.15, -0.1) is 0 Å². The Morgan fingerprint density at radius 1 is 1.47 bits per heavy atom. The summed E-state index contributed by atoms with van der Waals surface area (Å²) in [5.74, 6) is -0.0607. The van der Waals surface area contributed by atoms with E-state index in [1.54, 1.807) is 13.8 Å². The van der Waals surface area contributed by atoms with Crippen LogP contribution < -0.4 is 5.32 Å². The number of nitrogens with one attached hydrogen (secondary N) is 1. The molecule has 0 aliphatic heterocycles. The largest absolute Gasteiger partial charge is 0.381 e. The summed E-state index contributed by atoms with van der Waals surface area (Å²) in [5, 5.41) is 11.4. The number of ether oxygens (including phenoxy) is 1. The number of amides is 1. The molecule has 0 atom stereocenters. The molecule has 0 rings (SSSR count). The average Bonchev–Trinajstić information content (AvgIpc) is 2.22. The average molecular weight is 212 g/mol. The van der Waals surface area contributed by atoms with Crippen molar-refractivity contribution >= 4 is 5.91 Å². The van der Waals surface area contributed by atoms with Crippen molar-refractivity contribution in [1.29, 1.82) is 5.26 Å². The fraction of sp³-hybridized carbons (Fsp3) is 0.818. The van der Waals surface area contributed by atoms with Crippen LogP contribution in [0.3, 0.4) is 0 Å². The quantitative estimate of drug-likeness (QED) is 0.650. The molecule has 0 unspecified atom stereocenters. The molecule has 0 aliphatic rings. The summed E-state index contributed by atoms with van der Waals surface area (Å²) in [5.41, 5.74) is -0.500. The summed E-state index contributed by atoms with van der Waals surface area (Å²) in [4.78, 5) is 11.3. The predicted molar refractivity (Wildman–Crippen MR) is 58.1 cm³/mol. The van der Waals surface area contributed by atoms with Gasteiger partial charge >= 0.3 is 0 Å². The molecule has 0 aliphatic carbocycles. The van der Waals surface area contributed by atoms with E-state index in [0.29, 0.717) is 26.2 Å². The molecule has 0 saturated carbocycles. The van der Waals surface area contributed by atoms with Crippen molar-refractivity contribution in [3.05, 3.63) is 0 Å². The maximum absolute atomic E-state index is 11.3. The third-order valence-electron chi connectivity index (χ3n) is 1.85. The Kier molecular flexibility index (Phi) is 6.72. The Morgan fingerprint density at radius 2 is 2.13 bits per heavy atom. The van der Waals surface area contributed by atoms with Crippen LogP contribution in [0.25, 0.3) is 0 Å². The number of nitriles is 1. The standard InChI is InChI=1S/C11H20N2O2/c1-4-6-15-7-5-10(14)13-9-11(2,3)8-12/h4-7,9H2,1-3H3,(H,13,14). The van der Waals surface area contributed by atoms with Gasteiger partial charge in [0.25, 0.3) is 0 Å². The van der Waals surface area contributed by atoms with Crippen LogP contribution in [0.2, 0.25) is 0 Å². The van der Waals surface area contributed by atoms with Crippen molar-refractivity contribution in [1.82, 2.24) is 5.32 Å². The molecule has 0 aromatic rings. The Morgan fingerprint density at radius 3 is 2.67 bits per heavy atom. The lowest BCUT2D eigenvalue weighted by Crippen LogP contribution is -2.33. The molecule has 1 N–H and O–H groups in total. The van der Waals surface area contributed by atoms with E-state index in [0.717, 1.165) is 6.42 Å². The van der Waals surface area contributed by atoms with Gasteiger partial charge in [-0.25, -0.2) is 0 Å². The highest BCUT2D eigenvalue weighted by Crippen LogP contribution is 2.10. The third-order valence-corrected chi connectivity index (χ3v) is 1.85. The fourth-order valence-electron chi connectivity index (χ4n) is 0.859. The first-order chi connectivity index (χ1) is 7.02. The monoisotopic (exact) mass is 212 g/mol. The Labute approximate surface area is 91.6 Å². The molecule has 0 aromatic heterocycles. The minimum atomic E-state index is -0.500. The van der Waals surface area contributed by atoms with Crippen molar-refractivity contribution in [3.8, 4) is 6.07 Å². The van der Waals surface area contributed by atoms with Gasteiger partial charge in [-0.05, 0) is 20.3 Å². The molecular weight excluding hydrogens is 192 g/mol. The van der Waals surface area contributed by atoms with Gasteiger partial charge in [0.05, 0.1) is 18.1 Å². The molecule has 4 nitrogen and oxygen atoms in total. The molecule has 0 saturated heterocycles. The van der Waals surface area contributed by atoms with Gasteiger partial charge in [0.2, 0.25) is 5.91 Å². The van der Waals surface area contributed by atoms with E-state index in [2.05, 4.69) is 11.4 Å². The number of carbonyl (C=O) groups excluding carboxylic acids is 1. The van der Waals surface area contributed by atoms with E-state index in [9.17, 15) is 4.79 Å². The van der Waals surface area contributed by atoms with Crippen LogP contribution in [0.15, 0.2) is 0 Å². The molecule has 86 valence electrons. The van der Waals surface area contributed by atoms with Crippen LogP contribution in [0.4, 0.5) is 0 Å². The summed E-state index contributed by atoms with van der Waals surface area (Å²) in [6.45, 7) is 7.14. The lowest BCUT2D eigenvalue weighted by molar-refractivity contribution is -0.122. The van der Waals surface area contributed by atoms with Gasteiger partial charge < -0.3 is 10.1 Å². The van der Waals surface area contributed by atoms with Crippen LogP contribution in [0.1, 0.15) is 33.6 Å². The molecule has 0 heterocycles. The van der Waals surface area contributed by atoms with E-state index in [1.807, 2.05) is 6.92 Å². The van der Waals surface area contributed by atoms with E-state index >= 15 is 0 Å². The number of hydrogen-bond donors (Lipinski definition) is 1. The van der Waals surface area contributed by atoms with Gasteiger partial charge in [-0.2, -0.15) is 5.26 Å². The number of nitrogens with zero attached hydrogens (tertiary/aromatic N) is 1. The zero-order chi connectivity index (χ0) is 11.7. The van der Waals surface area contributed by atoms with Crippen molar-refractivity contribution in [2.45, 2.75) is 33.6 Å². The van der Waals surface area contributed by atoms with E-state index < -0.39 is 5.41 Å². The van der Waals surface area contributed by atoms with Gasteiger partial charge in [0.15, 0.2) is 0 Å². The lowest BCUT2D eigenvalue weighted by atomic mass is 9.96. The van der Waals surface area contributed by atoms with Crippen LogP contribution in [-0.4, -0.2) is 25.7 Å². The minimum Gasteiger partial charge on any atom is -0.381 e. The highest BCUT2D eigenvalue weighted by Gasteiger charge is 2.17. The number of carbonyl (C=O) groups is 1. The zero-order valence-corrected chi connectivity index (χ0v) is 9.80. The predicted octanol–water partition coefficient (Wildman–Crippen LogP) is 1.47. The number of hydrogen-bond acceptors (Lipinski definition) is 3. The van der Waals surface area contributed by atoms with Crippen molar-refractivity contribution < 1.29 is 9.53 Å². The first-order valence-electron chi connectivity index (χ1n) is 5.27. The van der Waals surface area contributed by atoms with Crippen molar-refractivity contribution in [2.75, 3.05) is 19.8 Å². The molecule has 0 radical (unpaired) electrons. The maximum atomic E-state index is 11.3. The van der Waals surface area contributed by atoms with Gasteiger partial charge in [-0.1, -0.05) is 6.92 Å². The van der Waals surface area contributed by atoms with Crippen LogP contribution in [0.5, 0.6) is 0 Å². The smallest absolute Gasteiger partial charge is 0.222 e. The summed E-state index contributed by atoms with van der Waals surface area (Å²) in [7, 11) is 0. The summed E-state index contributed by atoms with van der Waals surface area (Å²) in [6, 6.07) is 2.13. The molecule has 15 heavy (non-hydrogen) atoms. The Balaban J connectivity index is 3.55. The number of rotatable bonds is 7. The molecular formula is C11H20N2O2. The van der Waals surface area contributed by atoms with E-state index in [4.69, 9.17) is 10.00 Å². The summed E-state index contributed by atoms with van der Waals surface area (Å²) >= 11 is 0. The second kappa shape index (κ2) is 7.24. The fourth-order valence-corrected chi connectivity index (χ4v) is 0.859. The normalized spacial score (nSPS) is 10.8. The second-order valence-electron chi connectivity index (χ2n) is 4.13. The molecule has 0 bridgehead atoms. The molecule has 4 heteroatoms. The van der Waals surface area contributed by atoms with Gasteiger partial charge in [0, 0.05) is 19.6 Å². The van der Waals surface area contributed by atoms with Crippen LogP contribution in [-0.2, 0) is 9.53 Å². The highest BCUT2D eigenvalue weighted by atomic mass is 16.5. The third kappa shape index (κ3) is 7.95. The van der Waals surface area contributed by atoms with Crippen LogP contribution in [0, 0.1) is 16.7 Å². The first kappa shape index (κ1) is 13.9. The van der Waals surface area contributed by atoms with E-state index in [1.165, 1.54) is 0 Å². The van der Waals surface area contributed by atoms with E-state index in [-0.39, 0.29) is 5.91 Å². The molecule has 0 fully saturated rings. The van der Waals surface area contributed by atoms with Crippen molar-refractivity contribution in [3.63, 3.8) is 0 Å². The Hall–Kier alpha value is -1.08. The summed E-state index contributed by atoms with van der Waals surface area (Å²) < 4.78 is 5.19. The van der Waals surface area contributed by atoms with Crippen LogP contribution >= 0.6 is 0 Å². The lowest BCUT2D eigenvalue weighted by Gasteiger charge is -2.15. The minimum absolute atomic E-state index is 0.0607. The molecule has 0 aromatic carbocycles. The second-order valence-corrected chi connectivity index (χ2v) is 4.13. The SMILES string of the molecule is CCCOCCC(=O)NCC(C)(C)C#N. The molecule has 1 amide bonds. The first-order valence-corrected chi connectivity index (χ1v) is 5.27. The maximum Gasteiger partial charge on any atom is 0.222 e. The van der Waals surface area contributed by atoms with Gasteiger partial charge in [-0.3, -0.25) is 4.79 Å². The zero-order valence-electron chi connectivity index (χ0n) is 9.80. The Bertz CT molecular complexity index is 231. The van der Waals surface area contributed by atoms with Gasteiger partial charge in [0.1, 0.15) is 0 Å². The summed E-state index contributed by atoms with van der Waals surface area (Å²) in [6.07, 6.45) is 1.32.